The van der Waals surface area contributed by atoms with E-state index in [9.17, 15) is 4.79 Å². The van der Waals surface area contributed by atoms with Crippen LogP contribution in [0.1, 0.15) is 25.3 Å². The van der Waals surface area contributed by atoms with Crippen LogP contribution >= 0.6 is 0 Å². The van der Waals surface area contributed by atoms with Gasteiger partial charge in [-0.3, -0.25) is 4.79 Å². The number of pyridine rings is 1. The lowest BCUT2D eigenvalue weighted by Crippen LogP contribution is -2.10. The number of carbonyl (C=O) groups is 1. The first-order valence-corrected chi connectivity index (χ1v) is 6.40. The number of fused-ring (bicyclic) bond motifs is 1. The van der Waals surface area contributed by atoms with Crippen molar-refractivity contribution >= 4 is 17.4 Å². The molecule has 0 unspecified atom stereocenters. The van der Waals surface area contributed by atoms with Gasteiger partial charge in [0.25, 0.3) is 0 Å². The minimum Gasteiger partial charge on any atom is -0.466 e. The Bertz CT molecular complexity index is 565. The fraction of sp³-hybridized carbons (Fsp3) is 0.462. The topological polar surface area (TPSA) is 68.5 Å². The van der Waals surface area contributed by atoms with E-state index in [0.29, 0.717) is 19.6 Å². The van der Waals surface area contributed by atoms with E-state index >= 15 is 0 Å². The third-order valence-electron chi connectivity index (χ3n) is 2.69. The molecular formula is C13H18N4O2. The molecule has 0 aliphatic heterocycles. The van der Waals surface area contributed by atoms with Crippen molar-refractivity contribution in [3.8, 4) is 0 Å². The highest BCUT2D eigenvalue weighted by molar-refractivity contribution is 5.69. The second kappa shape index (κ2) is 6.17. The molecule has 0 aliphatic carbocycles. The van der Waals surface area contributed by atoms with Gasteiger partial charge in [0.15, 0.2) is 5.65 Å². The average Bonchev–Trinajstić information content (AvgIpc) is 2.82. The first-order chi connectivity index (χ1) is 9.20. The van der Waals surface area contributed by atoms with Gasteiger partial charge in [0.1, 0.15) is 12.1 Å². The first-order valence-electron chi connectivity index (χ1n) is 6.40. The molecular weight excluding hydrogens is 244 g/mol. The highest BCUT2D eigenvalue weighted by atomic mass is 16.5. The van der Waals surface area contributed by atoms with Crippen LogP contribution in [-0.4, -0.2) is 33.7 Å². The van der Waals surface area contributed by atoms with Crippen molar-refractivity contribution < 1.29 is 9.53 Å². The molecule has 1 N–H and O–H groups in total. The lowest BCUT2D eigenvalue weighted by Gasteiger charge is -2.08. The third kappa shape index (κ3) is 3.43. The number of ether oxygens (including phenoxy) is 1. The summed E-state index contributed by atoms with van der Waals surface area (Å²) in [5.41, 5.74) is 1.93. The zero-order chi connectivity index (χ0) is 13.7. The molecule has 0 aromatic carbocycles. The van der Waals surface area contributed by atoms with Gasteiger partial charge in [0.2, 0.25) is 0 Å². The molecule has 0 saturated carbocycles. The van der Waals surface area contributed by atoms with Gasteiger partial charge >= 0.3 is 5.97 Å². The molecule has 2 aromatic rings. The van der Waals surface area contributed by atoms with Gasteiger partial charge in [-0.2, -0.15) is 9.61 Å². The Balaban J connectivity index is 1.91. The van der Waals surface area contributed by atoms with Crippen molar-refractivity contribution in [3.63, 3.8) is 0 Å². The molecule has 0 spiro atoms. The summed E-state index contributed by atoms with van der Waals surface area (Å²) in [6.07, 6.45) is 2.68. The van der Waals surface area contributed by atoms with Crippen molar-refractivity contribution in [2.75, 3.05) is 18.5 Å². The van der Waals surface area contributed by atoms with Gasteiger partial charge in [0.05, 0.1) is 6.61 Å². The Labute approximate surface area is 111 Å². The average molecular weight is 262 g/mol. The second-order valence-electron chi connectivity index (χ2n) is 4.28. The largest absolute Gasteiger partial charge is 0.466 e. The van der Waals surface area contributed by atoms with Gasteiger partial charge in [0, 0.05) is 13.0 Å². The summed E-state index contributed by atoms with van der Waals surface area (Å²) in [6, 6.07) is 3.98. The summed E-state index contributed by atoms with van der Waals surface area (Å²) < 4.78 is 6.62. The summed E-state index contributed by atoms with van der Waals surface area (Å²) in [4.78, 5) is 15.4. The van der Waals surface area contributed by atoms with Gasteiger partial charge in [-0.15, -0.1) is 0 Å². The molecule has 0 amide bonds. The van der Waals surface area contributed by atoms with Crippen LogP contribution in [0.3, 0.4) is 0 Å². The Kier molecular flexibility index (Phi) is 4.33. The smallest absolute Gasteiger partial charge is 0.305 e. The normalized spacial score (nSPS) is 10.6. The molecule has 0 radical (unpaired) electrons. The lowest BCUT2D eigenvalue weighted by atomic mass is 10.2. The first kappa shape index (κ1) is 13.3. The zero-order valence-corrected chi connectivity index (χ0v) is 11.2. The zero-order valence-electron chi connectivity index (χ0n) is 11.2. The molecule has 102 valence electrons. The SMILES string of the molecule is CCOC(=O)CCCNc1cc(C)cc2ncnn12. The van der Waals surface area contributed by atoms with E-state index in [2.05, 4.69) is 15.4 Å². The van der Waals surface area contributed by atoms with E-state index < -0.39 is 0 Å². The van der Waals surface area contributed by atoms with Gasteiger partial charge < -0.3 is 10.1 Å². The van der Waals surface area contributed by atoms with Crippen molar-refractivity contribution in [2.24, 2.45) is 0 Å². The molecule has 6 heteroatoms. The minimum atomic E-state index is -0.153. The molecule has 0 saturated heterocycles. The number of hydrogen-bond donors (Lipinski definition) is 1. The predicted molar refractivity (Wildman–Crippen MR) is 72.1 cm³/mol. The molecule has 6 nitrogen and oxygen atoms in total. The summed E-state index contributed by atoms with van der Waals surface area (Å²) in [6.45, 7) is 4.95. The number of hydrogen-bond acceptors (Lipinski definition) is 5. The molecule has 0 atom stereocenters. The number of esters is 1. The molecule has 0 bridgehead atoms. The van der Waals surface area contributed by atoms with Gasteiger partial charge in [-0.05, 0) is 38.0 Å². The van der Waals surface area contributed by atoms with E-state index in [1.54, 1.807) is 4.52 Å². The lowest BCUT2D eigenvalue weighted by molar-refractivity contribution is -0.143. The molecule has 2 rings (SSSR count). The highest BCUT2D eigenvalue weighted by Gasteiger charge is 2.04. The molecule has 0 fully saturated rings. The number of rotatable bonds is 6. The van der Waals surface area contributed by atoms with Gasteiger partial charge in [-0.25, -0.2) is 4.98 Å². The Hall–Kier alpha value is -2.11. The van der Waals surface area contributed by atoms with Crippen molar-refractivity contribution in [1.82, 2.24) is 14.6 Å². The third-order valence-corrected chi connectivity index (χ3v) is 2.69. The molecule has 19 heavy (non-hydrogen) atoms. The van der Waals surface area contributed by atoms with Crippen LogP contribution in [-0.2, 0) is 9.53 Å². The summed E-state index contributed by atoms with van der Waals surface area (Å²) in [7, 11) is 0. The van der Waals surface area contributed by atoms with E-state index in [1.807, 2.05) is 26.0 Å². The second-order valence-corrected chi connectivity index (χ2v) is 4.28. The summed E-state index contributed by atoms with van der Waals surface area (Å²) >= 11 is 0. The molecule has 0 aliphatic rings. The summed E-state index contributed by atoms with van der Waals surface area (Å²) in [5, 5.41) is 7.42. The van der Waals surface area contributed by atoms with Gasteiger partial charge in [-0.1, -0.05) is 0 Å². The fourth-order valence-electron chi connectivity index (χ4n) is 1.86. The maximum absolute atomic E-state index is 11.2. The maximum Gasteiger partial charge on any atom is 0.305 e. The monoisotopic (exact) mass is 262 g/mol. The van der Waals surface area contributed by atoms with E-state index in [4.69, 9.17) is 4.74 Å². The van der Waals surface area contributed by atoms with Crippen LogP contribution < -0.4 is 5.32 Å². The van der Waals surface area contributed by atoms with Crippen LogP contribution in [0.5, 0.6) is 0 Å². The number of aryl methyl sites for hydroxylation is 1. The van der Waals surface area contributed by atoms with Crippen LogP contribution in [0.25, 0.3) is 5.65 Å². The summed E-state index contributed by atoms with van der Waals surface area (Å²) in [5.74, 6) is 0.732. The van der Waals surface area contributed by atoms with Crippen LogP contribution in [0.4, 0.5) is 5.82 Å². The fourth-order valence-corrected chi connectivity index (χ4v) is 1.86. The Morgan fingerprint density at radius 3 is 3.11 bits per heavy atom. The van der Waals surface area contributed by atoms with Crippen molar-refractivity contribution in [3.05, 3.63) is 24.0 Å². The van der Waals surface area contributed by atoms with E-state index in [0.717, 1.165) is 23.4 Å². The molecule has 2 heterocycles. The molecule has 2 aromatic heterocycles. The van der Waals surface area contributed by atoms with Crippen LogP contribution in [0, 0.1) is 6.92 Å². The van der Waals surface area contributed by atoms with Crippen molar-refractivity contribution in [2.45, 2.75) is 26.7 Å². The van der Waals surface area contributed by atoms with E-state index in [1.165, 1.54) is 6.33 Å². The highest BCUT2D eigenvalue weighted by Crippen LogP contribution is 2.13. The minimum absolute atomic E-state index is 0.153. The standard InChI is InChI=1S/C13H18N4O2/c1-3-19-13(18)5-4-6-14-11-7-10(2)8-12-15-9-16-17(11)12/h7-9,14H,3-6H2,1-2H3. The maximum atomic E-state index is 11.2. The number of aromatic nitrogens is 3. The number of nitrogens with zero attached hydrogens (tertiary/aromatic N) is 3. The number of carbonyl (C=O) groups excluding carboxylic acids is 1. The predicted octanol–water partition coefficient (Wildman–Crippen LogP) is 1.79. The van der Waals surface area contributed by atoms with Crippen LogP contribution in [0.15, 0.2) is 18.5 Å². The quantitative estimate of drug-likeness (QED) is 0.635. The van der Waals surface area contributed by atoms with E-state index in [-0.39, 0.29) is 5.97 Å². The van der Waals surface area contributed by atoms with Crippen LogP contribution in [0.2, 0.25) is 0 Å². The Morgan fingerprint density at radius 1 is 1.47 bits per heavy atom. The number of anilines is 1. The number of nitrogens with one attached hydrogen (secondary N) is 1. The van der Waals surface area contributed by atoms with Crippen molar-refractivity contribution in [1.29, 1.82) is 0 Å². The Morgan fingerprint density at radius 2 is 2.32 bits per heavy atom.